The largest absolute Gasteiger partial charge is 0.339 e. The minimum absolute atomic E-state index is 0.0768. The molecule has 1 saturated heterocycles. The van der Waals surface area contributed by atoms with Crippen LogP contribution in [0, 0.1) is 0 Å². The SMILES string of the molecule is C[C@@H]1CCCCN1C(=O)CSc1nc2cc3ccccc3cc2c(=O)n1C. The van der Waals surface area contributed by atoms with Crippen molar-refractivity contribution in [1.29, 1.82) is 0 Å². The third-order valence-corrected chi connectivity index (χ3v) is 6.36. The smallest absolute Gasteiger partial charge is 0.261 e. The van der Waals surface area contributed by atoms with Gasteiger partial charge in [0.05, 0.1) is 16.7 Å². The number of hydrogen-bond acceptors (Lipinski definition) is 4. The van der Waals surface area contributed by atoms with Gasteiger partial charge < -0.3 is 4.90 Å². The van der Waals surface area contributed by atoms with Crippen molar-refractivity contribution in [1.82, 2.24) is 14.5 Å². The Balaban J connectivity index is 1.63. The average molecular weight is 382 g/mol. The molecule has 6 heteroatoms. The highest BCUT2D eigenvalue weighted by molar-refractivity contribution is 7.99. The Morgan fingerprint density at radius 3 is 2.70 bits per heavy atom. The van der Waals surface area contributed by atoms with E-state index in [2.05, 4.69) is 11.9 Å². The summed E-state index contributed by atoms with van der Waals surface area (Å²) in [6.07, 6.45) is 3.32. The number of carbonyl (C=O) groups excluding carboxylic acids is 1. The van der Waals surface area contributed by atoms with E-state index in [-0.39, 0.29) is 11.5 Å². The van der Waals surface area contributed by atoms with Crippen molar-refractivity contribution in [2.75, 3.05) is 12.3 Å². The van der Waals surface area contributed by atoms with E-state index in [0.29, 0.717) is 27.9 Å². The number of benzene rings is 2. The molecular formula is C21H23N3O2S. The van der Waals surface area contributed by atoms with E-state index in [0.717, 1.165) is 30.2 Å². The van der Waals surface area contributed by atoms with Gasteiger partial charge in [-0.1, -0.05) is 36.0 Å². The maximum Gasteiger partial charge on any atom is 0.261 e. The predicted octanol–water partition coefficient (Wildman–Crippen LogP) is 3.58. The molecule has 1 aromatic heterocycles. The zero-order valence-corrected chi connectivity index (χ0v) is 16.5. The van der Waals surface area contributed by atoms with Crippen LogP contribution in [0.4, 0.5) is 0 Å². The van der Waals surface area contributed by atoms with Crippen LogP contribution in [-0.2, 0) is 11.8 Å². The monoisotopic (exact) mass is 381 g/mol. The summed E-state index contributed by atoms with van der Waals surface area (Å²) in [4.78, 5) is 32.1. The fourth-order valence-corrected chi connectivity index (χ4v) is 4.60. The van der Waals surface area contributed by atoms with Gasteiger partial charge in [-0.15, -0.1) is 0 Å². The third kappa shape index (κ3) is 3.46. The van der Waals surface area contributed by atoms with Crippen LogP contribution >= 0.6 is 11.8 Å². The third-order valence-electron chi connectivity index (χ3n) is 5.35. The van der Waals surface area contributed by atoms with Gasteiger partial charge in [0, 0.05) is 19.6 Å². The van der Waals surface area contributed by atoms with Gasteiger partial charge in [-0.25, -0.2) is 4.98 Å². The highest BCUT2D eigenvalue weighted by Crippen LogP contribution is 2.23. The van der Waals surface area contributed by atoms with Crippen LogP contribution in [-0.4, -0.2) is 38.7 Å². The fraction of sp³-hybridized carbons (Fsp3) is 0.381. The van der Waals surface area contributed by atoms with E-state index >= 15 is 0 Å². The van der Waals surface area contributed by atoms with E-state index in [9.17, 15) is 9.59 Å². The van der Waals surface area contributed by atoms with Crippen LogP contribution < -0.4 is 5.56 Å². The Hall–Kier alpha value is -2.34. The zero-order valence-electron chi connectivity index (χ0n) is 15.6. The van der Waals surface area contributed by atoms with Crippen molar-refractivity contribution in [3.05, 3.63) is 46.8 Å². The molecule has 1 aliphatic rings. The molecule has 4 rings (SSSR count). The number of carbonyl (C=O) groups is 1. The molecule has 27 heavy (non-hydrogen) atoms. The van der Waals surface area contributed by atoms with Crippen molar-refractivity contribution in [2.24, 2.45) is 7.05 Å². The molecule has 0 unspecified atom stereocenters. The van der Waals surface area contributed by atoms with Crippen LogP contribution in [0.5, 0.6) is 0 Å². The highest BCUT2D eigenvalue weighted by Gasteiger charge is 2.23. The number of rotatable bonds is 3. The van der Waals surface area contributed by atoms with Gasteiger partial charge in [0.2, 0.25) is 5.91 Å². The molecule has 0 radical (unpaired) electrons. The molecule has 1 atom stereocenters. The normalized spacial score (nSPS) is 17.6. The molecule has 2 heterocycles. The van der Waals surface area contributed by atoms with E-state index in [4.69, 9.17) is 0 Å². The lowest BCUT2D eigenvalue weighted by Gasteiger charge is -2.33. The van der Waals surface area contributed by atoms with Crippen molar-refractivity contribution >= 4 is 39.3 Å². The van der Waals surface area contributed by atoms with E-state index in [1.807, 2.05) is 41.3 Å². The molecular weight excluding hydrogens is 358 g/mol. The van der Waals surface area contributed by atoms with E-state index in [1.54, 1.807) is 11.6 Å². The average Bonchev–Trinajstić information content (AvgIpc) is 2.68. The first-order chi connectivity index (χ1) is 13.0. The first-order valence-corrected chi connectivity index (χ1v) is 10.3. The van der Waals surface area contributed by atoms with Gasteiger partial charge in [0.25, 0.3) is 5.56 Å². The van der Waals surface area contributed by atoms with Crippen molar-refractivity contribution in [2.45, 2.75) is 37.4 Å². The number of fused-ring (bicyclic) bond motifs is 2. The molecule has 2 aromatic carbocycles. The minimum Gasteiger partial charge on any atom is -0.339 e. The number of aromatic nitrogens is 2. The van der Waals surface area contributed by atoms with Crippen LogP contribution in [0.1, 0.15) is 26.2 Å². The number of nitrogens with zero attached hydrogens (tertiary/aromatic N) is 3. The van der Waals surface area contributed by atoms with Crippen LogP contribution in [0.2, 0.25) is 0 Å². The molecule has 5 nitrogen and oxygen atoms in total. The van der Waals surface area contributed by atoms with Gasteiger partial charge in [0.1, 0.15) is 0 Å². The van der Waals surface area contributed by atoms with Crippen LogP contribution in [0.3, 0.4) is 0 Å². The predicted molar refractivity (Wildman–Crippen MR) is 110 cm³/mol. The first-order valence-electron chi connectivity index (χ1n) is 9.36. The summed E-state index contributed by atoms with van der Waals surface area (Å²) in [5, 5.41) is 3.27. The topological polar surface area (TPSA) is 55.2 Å². The second kappa shape index (κ2) is 7.35. The van der Waals surface area contributed by atoms with Crippen molar-refractivity contribution in [3.63, 3.8) is 0 Å². The summed E-state index contributed by atoms with van der Waals surface area (Å²) in [7, 11) is 1.72. The van der Waals surface area contributed by atoms with E-state index in [1.165, 1.54) is 18.2 Å². The first kappa shape index (κ1) is 18.0. The molecule has 0 saturated carbocycles. The standard InChI is InChI=1S/C21H23N3O2S/c1-14-7-5-6-10-24(14)19(25)13-27-21-22-18-12-16-9-4-3-8-15(16)11-17(18)20(26)23(21)2/h3-4,8-9,11-12,14H,5-7,10,13H2,1-2H3/t14-/m1/s1. The van der Waals surface area contributed by atoms with Gasteiger partial charge in [-0.05, 0) is 49.1 Å². The molecule has 1 fully saturated rings. The molecule has 0 aliphatic carbocycles. The number of likely N-dealkylation sites (tertiary alicyclic amines) is 1. The van der Waals surface area contributed by atoms with Crippen molar-refractivity contribution < 1.29 is 4.79 Å². The van der Waals surface area contributed by atoms with E-state index < -0.39 is 0 Å². The lowest BCUT2D eigenvalue weighted by Crippen LogP contribution is -2.43. The molecule has 1 aliphatic heterocycles. The van der Waals surface area contributed by atoms with Crippen LogP contribution in [0.25, 0.3) is 21.7 Å². The number of thioether (sulfide) groups is 1. The number of hydrogen-bond donors (Lipinski definition) is 0. The Morgan fingerprint density at radius 1 is 1.22 bits per heavy atom. The maximum absolute atomic E-state index is 12.8. The number of amides is 1. The van der Waals surface area contributed by atoms with Gasteiger partial charge in [0.15, 0.2) is 5.16 Å². The van der Waals surface area contributed by atoms with Crippen LogP contribution in [0.15, 0.2) is 46.3 Å². The summed E-state index contributed by atoms with van der Waals surface area (Å²) in [6, 6.07) is 12.1. The highest BCUT2D eigenvalue weighted by atomic mass is 32.2. The lowest BCUT2D eigenvalue weighted by atomic mass is 10.0. The Bertz CT molecular complexity index is 1080. The second-order valence-corrected chi connectivity index (χ2v) is 8.14. The molecule has 3 aromatic rings. The van der Waals surface area contributed by atoms with Gasteiger partial charge in [-0.2, -0.15) is 0 Å². The maximum atomic E-state index is 12.8. The van der Waals surface area contributed by atoms with Gasteiger partial charge >= 0.3 is 0 Å². The molecule has 140 valence electrons. The molecule has 0 N–H and O–H groups in total. The summed E-state index contributed by atoms with van der Waals surface area (Å²) in [5.41, 5.74) is 0.602. The molecule has 1 amide bonds. The summed E-state index contributed by atoms with van der Waals surface area (Å²) < 4.78 is 1.55. The summed E-state index contributed by atoms with van der Waals surface area (Å²) in [5.74, 6) is 0.434. The fourth-order valence-electron chi connectivity index (χ4n) is 3.74. The Morgan fingerprint density at radius 2 is 1.96 bits per heavy atom. The van der Waals surface area contributed by atoms with Gasteiger partial charge in [-0.3, -0.25) is 14.2 Å². The summed E-state index contributed by atoms with van der Waals surface area (Å²) in [6.45, 7) is 2.94. The summed E-state index contributed by atoms with van der Waals surface area (Å²) >= 11 is 1.35. The molecule has 0 bridgehead atoms. The quantitative estimate of drug-likeness (QED) is 0.395. The lowest BCUT2D eigenvalue weighted by molar-refractivity contribution is -0.131. The Kier molecular flexibility index (Phi) is 4.91. The zero-order chi connectivity index (χ0) is 19.0. The second-order valence-electron chi connectivity index (χ2n) is 7.20. The Labute approximate surface area is 162 Å². The van der Waals surface area contributed by atoms with Crippen molar-refractivity contribution in [3.8, 4) is 0 Å². The minimum atomic E-state index is -0.0768. The molecule has 0 spiro atoms. The number of piperidine rings is 1.